The lowest BCUT2D eigenvalue weighted by molar-refractivity contribution is 0.0698. The van der Waals surface area contributed by atoms with Gasteiger partial charge in [0.25, 0.3) is 5.91 Å². The summed E-state index contributed by atoms with van der Waals surface area (Å²) in [4.78, 5) is 24.3. The maximum Gasteiger partial charge on any atom is 0.337 e. The number of nitrogens with zero attached hydrogens (tertiary/aromatic N) is 1. The summed E-state index contributed by atoms with van der Waals surface area (Å²) in [5, 5.41) is 12.0. The Morgan fingerprint density at radius 1 is 1.07 bits per heavy atom. The molecule has 3 rings (SSSR count). The number of hydrogen-bond acceptors (Lipinski definition) is 4. The van der Waals surface area contributed by atoms with Gasteiger partial charge in [0.05, 0.1) is 16.1 Å². The standard InChI is InChI=1S/C22H26N2O5S/c1-14-10-15(2)13-24(12-14)30(28,29)18-8-5-7-17(11-18)21(25)23-20-16(3)6-4-9-19(20)22(26)27/h4-9,11,14-15H,10,12-13H2,1-3H3,(H,23,25)(H,26,27). The van der Waals surface area contributed by atoms with Crippen molar-refractivity contribution >= 4 is 27.6 Å². The number of aromatic carboxylic acids is 1. The third kappa shape index (κ3) is 4.55. The summed E-state index contributed by atoms with van der Waals surface area (Å²) in [5.41, 5.74) is 0.919. The Morgan fingerprint density at radius 3 is 2.33 bits per heavy atom. The second kappa shape index (κ2) is 8.57. The summed E-state index contributed by atoms with van der Waals surface area (Å²) in [5.74, 6) is -1.18. The van der Waals surface area contributed by atoms with Crippen LogP contribution >= 0.6 is 0 Å². The number of benzene rings is 2. The molecular weight excluding hydrogens is 404 g/mol. The lowest BCUT2D eigenvalue weighted by Crippen LogP contribution is -2.42. The van der Waals surface area contributed by atoms with Crippen molar-refractivity contribution in [3.63, 3.8) is 0 Å². The van der Waals surface area contributed by atoms with Crippen molar-refractivity contribution in [1.29, 1.82) is 0 Å². The number of aryl methyl sites for hydroxylation is 1. The predicted octanol–water partition coefficient (Wildman–Crippen LogP) is 3.61. The van der Waals surface area contributed by atoms with Crippen molar-refractivity contribution < 1.29 is 23.1 Å². The van der Waals surface area contributed by atoms with Crippen LogP contribution in [0.5, 0.6) is 0 Å². The molecule has 1 aliphatic heterocycles. The Balaban J connectivity index is 1.89. The van der Waals surface area contributed by atoms with Crippen LogP contribution in [0.2, 0.25) is 0 Å². The molecule has 8 heteroatoms. The molecule has 2 aromatic rings. The molecule has 2 atom stereocenters. The van der Waals surface area contributed by atoms with Crippen LogP contribution in [0.15, 0.2) is 47.4 Å². The predicted molar refractivity (Wildman–Crippen MR) is 114 cm³/mol. The van der Waals surface area contributed by atoms with Gasteiger partial charge in [0.2, 0.25) is 10.0 Å². The Bertz CT molecular complexity index is 1070. The summed E-state index contributed by atoms with van der Waals surface area (Å²) in [6, 6.07) is 10.6. The molecular formula is C22H26N2O5S. The summed E-state index contributed by atoms with van der Waals surface area (Å²) in [6.07, 6.45) is 0.983. The molecule has 1 aliphatic rings. The van der Waals surface area contributed by atoms with Crippen molar-refractivity contribution in [3.05, 3.63) is 59.2 Å². The lowest BCUT2D eigenvalue weighted by atomic mass is 9.94. The number of carboxylic acid groups (broad SMARTS) is 1. The number of rotatable bonds is 5. The maximum absolute atomic E-state index is 13.1. The van der Waals surface area contributed by atoms with Gasteiger partial charge in [0.1, 0.15) is 0 Å². The van der Waals surface area contributed by atoms with E-state index in [0.29, 0.717) is 18.7 Å². The number of amides is 1. The van der Waals surface area contributed by atoms with Gasteiger partial charge in [0, 0.05) is 18.7 Å². The highest BCUT2D eigenvalue weighted by molar-refractivity contribution is 7.89. The fourth-order valence-corrected chi connectivity index (χ4v) is 5.67. The number of para-hydroxylation sites is 1. The van der Waals surface area contributed by atoms with Crippen LogP contribution in [0.1, 0.15) is 46.5 Å². The zero-order valence-electron chi connectivity index (χ0n) is 17.3. The maximum atomic E-state index is 13.1. The Labute approximate surface area is 176 Å². The van der Waals surface area contributed by atoms with Gasteiger partial charge in [-0.3, -0.25) is 4.79 Å². The summed E-state index contributed by atoms with van der Waals surface area (Å²) in [6.45, 7) is 6.67. The Morgan fingerprint density at radius 2 is 1.70 bits per heavy atom. The molecule has 2 unspecified atom stereocenters. The van der Waals surface area contributed by atoms with Crippen LogP contribution in [0.25, 0.3) is 0 Å². The first-order chi connectivity index (χ1) is 14.1. The SMILES string of the molecule is Cc1cccc(C(=O)O)c1NC(=O)c1cccc(S(=O)(=O)N2CC(C)CC(C)C2)c1. The minimum absolute atomic E-state index is 0.0246. The van der Waals surface area contributed by atoms with E-state index in [2.05, 4.69) is 5.32 Å². The third-order valence-corrected chi connectivity index (χ3v) is 7.14. The van der Waals surface area contributed by atoms with E-state index in [1.807, 2.05) is 13.8 Å². The van der Waals surface area contributed by atoms with E-state index < -0.39 is 21.9 Å². The average molecular weight is 431 g/mol. The van der Waals surface area contributed by atoms with E-state index in [4.69, 9.17) is 0 Å². The van der Waals surface area contributed by atoms with Gasteiger partial charge in [-0.1, -0.05) is 32.0 Å². The topological polar surface area (TPSA) is 104 Å². The number of piperidine rings is 1. The van der Waals surface area contributed by atoms with Gasteiger partial charge in [-0.15, -0.1) is 0 Å². The molecule has 1 amide bonds. The van der Waals surface area contributed by atoms with E-state index in [0.717, 1.165) is 6.42 Å². The molecule has 0 aromatic heterocycles. The zero-order chi connectivity index (χ0) is 22.1. The molecule has 160 valence electrons. The van der Waals surface area contributed by atoms with Gasteiger partial charge < -0.3 is 10.4 Å². The monoisotopic (exact) mass is 430 g/mol. The van der Waals surface area contributed by atoms with E-state index in [9.17, 15) is 23.1 Å². The number of sulfonamides is 1. The first kappa shape index (κ1) is 22.0. The molecule has 2 aromatic carbocycles. The number of carboxylic acids is 1. The summed E-state index contributed by atoms with van der Waals surface area (Å²) < 4.78 is 27.7. The fourth-order valence-electron chi connectivity index (χ4n) is 3.95. The van der Waals surface area contributed by atoms with Crippen molar-refractivity contribution in [3.8, 4) is 0 Å². The lowest BCUT2D eigenvalue weighted by Gasteiger charge is -2.34. The smallest absolute Gasteiger partial charge is 0.337 e. The second-order valence-electron chi connectivity index (χ2n) is 8.05. The zero-order valence-corrected chi connectivity index (χ0v) is 18.1. The molecule has 1 fully saturated rings. The molecule has 30 heavy (non-hydrogen) atoms. The molecule has 0 aliphatic carbocycles. The largest absolute Gasteiger partial charge is 0.478 e. The number of anilines is 1. The van der Waals surface area contributed by atoms with Crippen LogP contribution in [0.4, 0.5) is 5.69 Å². The highest BCUT2D eigenvalue weighted by Crippen LogP contribution is 2.27. The molecule has 0 saturated carbocycles. The average Bonchev–Trinajstić information content (AvgIpc) is 2.68. The molecule has 0 radical (unpaired) electrons. The van der Waals surface area contributed by atoms with E-state index >= 15 is 0 Å². The fraction of sp³-hybridized carbons (Fsp3) is 0.364. The molecule has 0 bridgehead atoms. The van der Waals surface area contributed by atoms with Gasteiger partial charge in [0.15, 0.2) is 0 Å². The quantitative estimate of drug-likeness (QED) is 0.754. The highest BCUT2D eigenvalue weighted by Gasteiger charge is 2.32. The van der Waals surface area contributed by atoms with E-state index in [1.165, 1.54) is 34.6 Å². The number of hydrogen-bond donors (Lipinski definition) is 2. The Kier molecular flexibility index (Phi) is 6.28. The van der Waals surface area contributed by atoms with Crippen molar-refractivity contribution in [2.45, 2.75) is 32.1 Å². The molecule has 1 heterocycles. The number of nitrogens with one attached hydrogen (secondary N) is 1. The molecule has 7 nitrogen and oxygen atoms in total. The van der Waals surface area contributed by atoms with Crippen molar-refractivity contribution in [2.24, 2.45) is 11.8 Å². The van der Waals surface area contributed by atoms with Gasteiger partial charge in [-0.2, -0.15) is 4.31 Å². The first-order valence-electron chi connectivity index (χ1n) is 9.84. The van der Waals surface area contributed by atoms with Crippen LogP contribution in [0, 0.1) is 18.8 Å². The van der Waals surface area contributed by atoms with Crippen LogP contribution in [-0.4, -0.2) is 42.8 Å². The van der Waals surface area contributed by atoms with Gasteiger partial charge >= 0.3 is 5.97 Å². The second-order valence-corrected chi connectivity index (χ2v) is 9.99. The summed E-state index contributed by atoms with van der Waals surface area (Å²) in [7, 11) is -3.73. The van der Waals surface area contributed by atoms with Crippen LogP contribution < -0.4 is 5.32 Å². The number of carbonyl (C=O) groups is 2. The normalized spacial score (nSPS) is 20.0. The third-order valence-electron chi connectivity index (χ3n) is 5.31. The minimum Gasteiger partial charge on any atom is -0.478 e. The van der Waals surface area contributed by atoms with Gasteiger partial charge in [-0.05, 0) is 55.0 Å². The molecule has 1 saturated heterocycles. The number of carbonyl (C=O) groups excluding carboxylic acids is 1. The van der Waals surface area contributed by atoms with Gasteiger partial charge in [-0.25, -0.2) is 13.2 Å². The van der Waals surface area contributed by atoms with E-state index in [-0.39, 0.29) is 33.5 Å². The summed E-state index contributed by atoms with van der Waals surface area (Å²) >= 11 is 0. The first-order valence-corrected chi connectivity index (χ1v) is 11.3. The van der Waals surface area contributed by atoms with E-state index in [1.54, 1.807) is 19.1 Å². The van der Waals surface area contributed by atoms with Crippen molar-refractivity contribution in [2.75, 3.05) is 18.4 Å². The molecule has 2 N–H and O–H groups in total. The van der Waals surface area contributed by atoms with Crippen molar-refractivity contribution in [1.82, 2.24) is 4.31 Å². The van der Waals surface area contributed by atoms with Crippen LogP contribution in [-0.2, 0) is 10.0 Å². The minimum atomic E-state index is -3.73. The Hall–Kier alpha value is -2.71. The molecule has 0 spiro atoms. The highest BCUT2D eigenvalue weighted by atomic mass is 32.2. The van der Waals surface area contributed by atoms with Crippen LogP contribution in [0.3, 0.4) is 0 Å².